The standard InChI is InChI=1S/C17H22BrNO4/c1-12-7-13(2)9-19(8-12)16(20)10-23-17(21)11-22-15-5-3-14(18)4-6-15/h3-6,12-13H,7-11H2,1-2H3. The zero-order valence-corrected chi connectivity index (χ0v) is 15.0. The van der Waals surface area contributed by atoms with Gasteiger partial charge in [-0.25, -0.2) is 4.79 Å². The summed E-state index contributed by atoms with van der Waals surface area (Å²) in [5.41, 5.74) is 0. The minimum Gasteiger partial charge on any atom is -0.482 e. The van der Waals surface area contributed by atoms with E-state index < -0.39 is 5.97 Å². The molecule has 0 bridgehead atoms. The number of piperidine rings is 1. The van der Waals surface area contributed by atoms with Crippen molar-refractivity contribution in [3.05, 3.63) is 28.7 Å². The Labute approximate surface area is 145 Å². The topological polar surface area (TPSA) is 55.8 Å². The average Bonchev–Trinajstić information content (AvgIpc) is 2.51. The van der Waals surface area contributed by atoms with Crippen molar-refractivity contribution in [2.24, 2.45) is 11.8 Å². The van der Waals surface area contributed by atoms with E-state index >= 15 is 0 Å². The van der Waals surface area contributed by atoms with Crippen molar-refractivity contribution >= 4 is 27.8 Å². The van der Waals surface area contributed by atoms with Crippen LogP contribution in [0.1, 0.15) is 20.3 Å². The maximum Gasteiger partial charge on any atom is 0.344 e. The fraction of sp³-hybridized carbons (Fsp3) is 0.529. The predicted molar refractivity (Wildman–Crippen MR) is 90.1 cm³/mol. The maximum absolute atomic E-state index is 12.1. The maximum atomic E-state index is 12.1. The number of carbonyl (C=O) groups excluding carboxylic acids is 2. The molecule has 2 atom stereocenters. The van der Waals surface area contributed by atoms with Gasteiger partial charge in [-0.2, -0.15) is 0 Å². The number of hydrogen-bond acceptors (Lipinski definition) is 4. The zero-order chi connectivity index (χ0) is 16.8. The second-order valence-electron chi connectivity index (χ2n) is 6.15. The summed E-state index contributed by atoms with van der Waals surface area (Å²) in [5.74, 6) is 0.869. The molecule has 1 aromatic rings. The third kappa shape index (κ3) is 5.86. The van der Waals surface area contributed by atoms with Crippen molar-refractivity contribution in [2.45, 2.75) is 20.3 Å². The Balaban J connectivity index is 1.71. The largest absolute Gasteiger partial charge is 0.482 e. The number of amides is 1. The van der Waals surface area contributed by atoms with E-state index in [1.807, 2.05) is 12.1 Å². The van der Waals surface area contributed by atoms with Crippen LogP contribution in [0.5, 0.6) is 5.75 Å². The molecule has 5 nitrogen and oxygen atoms in total. The number of carbonyl (C=O) groups is 2. The Morgan fingerprint density at radius 3 is 2.35 bits per heavy atom. The van der Waals surface area contributed by atoms with E-state index in [-0.39, 0.29) is 19.1 Å². The molecule has 1 aliphatic heterocycles. The lowest BCUT2D eigenvalue weighted by Gasteiger charge is -2.34. The van der Waals surface area contributed by atoms with Crippen LogP contribution in [0.3, 0.4) is 0 Å². The van der Waals surface area contributed by atoms with Gasteiger partial charge in [0.2, 0.25) is 0 Å². The summed E-state index contributed by atoms with van der Waals surface area (Å²) in [6.45, 7) is 5.30. The molecule has 1 aliphatic rings. The fourth-order valence-electron chi connectivity index (χ4n) is 2.81. The third-order valence-corrected chi connectivity index (χ3v) is 4.28. The summed E-state index contributed by atoms with van der Waals surface area (Å²) in [6, 6.07) is 7.14. The highest BCUT2D eigenvalue weighted by atomic mass is 79.9. The SMILES string of the molecule is CC1CC(C)CN(C(=O)COC(=O)COc2ccc(Br)cc2)C1. The number of halogens is 1. The van der Waals surface area contributed by atoms with Crippen LogP contribution < -0.4 is 4.74 Å². The summed E-state index contributed by atoms with van der Waals surface area (Å²) >= 11 is 3.32. The highest BCUT2D eigenvalue weighted by Gasteiger charge is 2.25. The van der Waals surface area contributed by atoms with Crippen LogP contribution in [0.15, 0.2) is 28.7 Å². The lowest BCUT2D eigenvalue weighted by molar-refractivity contribution is -0.154. The van der Waals surface area contributed by atoms with E-state index in [1.165, 1.54) is 0 Å². The summed E-state index contributed by atoms with van der Waals surface area (Å²) in [4.78, 5) is 25.6. The van der Waals surface area contributed by atoms with E-state index in [4.69, 9.17) is 9.47 Å². The van der Waals surface area contributed by atoms with Gasteiger partial charge >= 0.3 is 5.97 Å². The first-order chi connectivity index (χ1) is 10.9. The predicted octanol–water partition coefficient (Wildman–Crippen LogP) is 2.88. The highest BCUT2D eigenvalue weighted by molar-refractivity contribution is 9.10. The number of ether oxygens (including phenoxy) is 2. The van der Waals surface area contributed by atoms with Crippen LogP contribution in [0.4, 0.5) is 0 Å². The van der Waals surface area contributed by atoms with Crippen molar-refractivity contribution in [1.82, 2.24) is 4.90 Å². The molecule has 1 heterocycles. The molecule has 0 spiro atoms. The number of rotatable bonds is 5. The molecule has 2 unspecified atom stereocenters. The Morgan fingerprint density at radius 2 is 1.74 bits per heavy atom. The van der Waals surface area contributed by atoms with Crippen molar-refractivity contribution < 1.29 is 19.1 Å². The number of benzene rings is 1. The molecular formula is C17H22BrNO4. The highest BCUT2D eigenvalue weighted by Crippen LogP contribution is 2.21. The van der Waals surface area contributed by atoms with Gasteiger partial charge in [0.1, 0.15) is 5.75 Å². The molecule has 0 N–H and O–H groups in total. The molecule has 0 aliphatic carbocycles. The van der Waals surface area contributed by atoms with Gasteiger partial charge in [0.15, 0.2) is 13.2 Å². The van der Waals surface area contributed by atoms with Crippen molar-refractivity contribution in [3.63, 3.8) is 0 Å². The normalized spacial score (nSPS) is 20.9. The zero-order valence-electron chi connectivity index (χ0n) is 13.5. The molecule has 1 saturated heterocycles. The van der Waals surface area contributed by atoms with Gasteiger partial charge in [0.25, 0.3) is 5.91 Å². The molecule has 0 saturated carbocycles. The van der Waals surface area contributed by atoms with Crippen LogP contribution in [0, 0.1) is 11.8 Å². The first-order valence-electron chi connectivity index (χ1n) is 7.76. The van der Waals surface area contributed by atoms with Crippen LogP contribution >= 0.6 is 15.9 Å². The fourth-order valence-corrected chi connectivity index (χ4v) is 3.08. The minimum atomic E-state index is -0.542. The Morgan fingerprint density at radius 1 is 1.13 bits per heavy atom. The van der Waals surface area contributed by atoms with Gasteiger partial charge in [-0.3, -0.25) is 4.79 Å². The molecule has 126 valence electrons. The van der Waals surface area contributed by atoms with Crippen molar-refractivity contribution in [2.75, 3.05) is 26.3 Å². The van der Waals surface area contributed by atoms with Gasteiger partial charge in [0, 0.05) is 17.6 Å². The van der Waals surface area contributed by atoms with Gasteiger partial charge in [0.05, 0.1) is 0 Å². The molecular weight excluding hydrogens is 362 g/mol. The molecule has 1 aromatic carbocycles. The smallest absolute Gasteiger partial charge is 0.344 e. The van der Waals surface area contributed by atoms with Crippen LogP contribution in [-0.2, 0) is 14.3 Å². The van der Waals surface area contributed by atoms with Crippen molar-refractivity contribution in [1.29, 1.82) is 0 Å². The Bertz CT molecular complexity index is 536. The van der Waals surface area contributed by atoms with E-state index in [2.05, 4.69) is 29.8 Å². The summed E-state index contributed by atoms with van der Waals surface area (Å²) in [6.07, 6.45) is 1.13. The molecule has 1 fully saturated rings. The van der Waals surface area contributed by atoms with E-state index in [0.29, 0.717) is 17.6 Å². The second kappa shape index (κ2) is 8.34. The average molecular weight is 384 g/mol. The minimum absolute atomic E-state index is 0.139. The summed E-state index contributed by atoms with van der Waals surface area (Å²) in [5, 5.41) is 0. The summed E-state index contributed by atoms with van der Waals surface area (Å²) in [7, 11) is 0. The van der Waals surface area contributed by atoms with Gasteiger partial charge in [-0.1, -0.05) is 29.8 Å². The molecule has 1 amide bonds. The van der Waals surface area contributed by atoms with Crippen LogP contribution in [0.25, 0.3) is 0 Å². The van der Waals surface area contributed by atoms with Gasteiger partial charge in [-0.05, 0) is 42.5 Å². The van der Waals surface area contributed by atoms with Crippen LogP contribution in [-0.4, -0.2) is 43.1 Å². The van der Waals surface area contributed by atoms with Gasteiger partial charge in [-0.15, -0.1) is 0 Å². The molecule has 6 heteroatoms. The van der Waals surface area contributed by atoms with Crippen molar-refractivity contribution in [3.8, 4) is 5.75 Å². The monoisotopic (exact) mass is 383 g/mol. The number of hydrogen-bond donors (Lipinski definition) is 0. The third-order valence-electron chi connectivity index (χ3n) is 3.75. The first-order valence-corrected chi connectivity index (χ1v) is 8.55. The second-order valence-corrected chi connectivity index (χ2v) is 7.06. The Hall–Kier alpha value is -1.56. The number of likely N-dealkylation sites (tertiary alicyclic amines) is 1. The number of nitrogens with zero attached hydrogens (tertiary/aromatic N) is 1. The number of esters is 1. The quantitative estimate of drug-likeness (QED) is 0.733. The van der Waals surface area contributed by atoms with E-state index in [9.17, 15) is 9.59 Å². The van der Waals surface area contributed by atoms with Crippen LogP contribution in [0.2, 0.25) is 0 Å². The lowest BCUT2D eigenvalue weighted by atomic mass is 9.92. The summed E-state index contributed by atoms with van der Waals surface area (Å²) < 4.78 is 11.3. The molecule has 0 aromatic heterocycles. The van der Waals surface area contributed by atoms with E-state index in [0.717, 1.165) is 24.0 Å². The molecule has 23 heavy (non-hydrogen) atoms. The lowest BCUT2D eigenvalue weighted by Crippen LogP contribution is -2.44. The van der Waals surface area contributed by atoms with E-state index in [1.54, 1.807) is 17.0 Å². The van der Waals surface area contributed by atoms with Gasteiger partial charge < -0.3 is 14.4 Å². The first kappa shape index (κ1) is 17.8. The molecule has 0 radical (unpaired) electrons. The molecule has 2 rings (SSSR count). The Kier molecular flexibility index (Phi) is 6.45.